The molecular formula is C120H135N9O16. The summed E-state index contributed by atoms with van der Waals surface area (Å²) >= 11 is 0. The van der Waals surface area contributed by atoms with Crippen LogP contribution in [0, 0.1) is 34.6 Å². The molecule has 0 aliphatic carbocycles. The van der Waals surface area contributed by atoms with Gasteiger partial charge in [-0.25, -0.2) is 15.0 Å². The minimum absolute atomic E-state index is 0.0854. The van der Waals surface area contributed by atoms with Crippen molar-refractivity contribution in [3.05, 3.63) is 334 Å². The Morgan fingerprint density at radius 2 is 0.538 bits per heavy atom. The summed E-state index contributed by atoms with van der Waals surface area (Å²) in [5.41, 5.74) is 41.8. The molecule has 0 saturated heterocycles. The van der Waals surface area contributed by atoms with E-state index < -0.39 is 0 Å². The molecule has 3 heterocycles. The number of carbonyl (C=O) groups is 3. The SMILES string of the molecule is COc1cc(-c2nc(-c3ccc(C)cc3)c(-c3ccc(C)cc3)n2Cc2ccc(C(=O)CCCOCCOCCN)cc2)cc(OC)c1OC.COc1cc(OC)cc(-c2nc(-c3ccc(C)cc3)c(-c3ccc(C)cc3)n2Cc2ccc(C(=O)CCCOCCOCCN)cc2)c1.COc1ccc(-c2nc(-c3cccc(C)c3)n(Cc3ccc(C(=O)CCCOCCOCCN)cc3)c2-c2ccc(OC)cc2)cc1. The van der Waals surface area contributed by atoms with Crippen LogP contribution in [0.25, 0.3) is 102 Å². The Labute approximate surface area is 851 Å². The van der Waals surface area contributed by atoms with E-state index in [1.807, 2.05) is 140 Å². The van der Waals surface area contributed by atoms with Crippen LogP contribution < -0.4 is 50.4 Å². The zero-order chi connectivity index (χ0) is 102. The zero-order valence-electron chi connectivity index (χ0n) is 85.4. The largest absolute Gasteiger partial charge is 0.497 e. The van der Waals surface area contributed by atoms with Crippen LogP contribution in [0.1, 0.15) is 114 Å². The number of Topliss-reactive ketones (excluding diaryl/α,β-unsaturated/α-hetero) is 3. The van der Waals surface area contributed by atoms with Gasteiger partial charge in [-0.1, -0.05) is 216 Å². The maximum Gasteiger partial charge on any atom is 0.203 e. The molecule has 145 heavy (non-hydrogen) atoms. The molecule has 15 rings (SSSR count). The minimum atomic E-state index is 0.0854. The average molecular weight is 1960 g/mol. The van der Waals surface area contributed by atoms with Gasteiger partial charge in [0.15, 0.2) is 28.8 Å². The first-order valence-corrected chi connectivity index (χ1v) is 49.2. The summed E-state index contributed by atoms with van der Waals surface area (Å²) in [6.07, 6.45) is 3.21. The Kier molecular flexibility index (Phi) is 41.2. The van der Waals surface area contributed by atoms with Gasteiger partial charge < -0.3 is 92.5 Å². The molecule has 0 aliphatic heterocycles. The molecule has 0 aliphatic rings. The third-order valence-electron chi connectivity index (χ3n) is 24.6. The molecule has 15 aromatic rings. The molecule has 25 nitrogen and oxygen atoms in total. The van der Waals surface area contributed by atoms with Gasteiger partial charge in [-0.2, -0.15) is 0 Å². The molecule has 0 unspecified atom stereocenters. The summed E-state index contributed by atoms with van der Waals surface area (Å²) in [4.78, 5) is 54.8. The summed E-state index contributed by atoms with van der Waals surface area (Å²) in [6, 6.07) is 91.7. The number of rotatable bonds is 52. The van der Waals surface area contributed by atoms with Crippen molar-refractivity contribution in [2.24, 2.45) is 17.2 Å². The highest BCUT2D eigenvalue weighted by Gasteiger charge is 2.29. The van der Waals surface area contributed by atoms with E-state index in [1.54, 1.807) is 49.8 Å². The topological polar surface area (TPSA) is 303 Å². The first-order valence-electron chi connectivity index (χ1n) is 49.2. The molecular weight excluding hydrogens is 1820 g/mol. The molecule has 6 N–H and O–H groups in total. The van der Waals surface area contributed by atoms with Gasteiger partial charge in [0.1, 0.15) is 40.5 Å². The number of aryl methyl sites for hydroxylation is 5. The van der Waals surface area contributed by atoms with Crippen molar-refractivity contribution in [1.29, 1.82) is 0 Å². The van der Waals surface area contributed by atoms with Crippen LogP contribution in [0.5, 0.6) is 40.2 Å². The van der Waals surface area contributed by atoms with Crippen LogP contribution in [-0.2, 0) is 48.1 Å². The van der Waals surface area contributed by atoms with E-state index >= 15 is 0 Å². The molecule has 0 amide bonds. The van der Waals surface area contributed by atoms with Gasteiger partial charge in [0.25, 0.3) is 0 Å². The fourth-order valence-electron chi connectivity index (χ4n) is 16.8. The molecule has 12 aromatic carbocycles. The number of ketones is 3. The number of methoxy groups -OCH3 is 7. The predicted octanol–water partition coefficient (Wildman–Crippen LogP) is 22.3. The third kappa shape index (κ3) is 29.9. The fraction of sp³-hybridized carbons (Fsp3) is 0.300. The maximum atomic E-state index is 13.0. The highest BCUT2D eigenvalue weighted by molar-refractivity contribution is 5.97. The second-order valence-electron chi connectivity index (χ2n) is 35.2. The van der Waals surface area contributed by atoms with Gasteiger partial charge in [0.2, 0.25) is 5.75 Å². The van der Waals surface area contributed by atoms with Gasteiger partial charge in [0, 0.05) is 151 Å². The van der Waals surface area contributed by atoms with Crippen molar-refractivity contribution in [2.75, 3.05) is 149 Å². The number of carbonyl (C=O) groups excluding carboxylic acids is 3. The molecule has 0 atom stereocenters. The van der Waals surface area contributed by atoms with Crippen molar-refractivity contribution in [2.45, 2.75) is 92.8 Å². The Bertz CT molecular complexity index is 6580. The highest BCUT2D eigenvalue weighted by atomic mass is 16.5. The number of ether oxygens (including phenoxy) is 13. The Morgan fingerprint density at radius 3 is 0.828 bits per heavy atom. The van der Waals surface area contributed by atoms with Crippen molar-refractivity contribution < 1.29 is 76.0 Å². The van der Waals surface area contributed by atoms with Crippen LogP contribution >= 0.6 is 0 Å². The van der Waals surface area contributed by atoms with Crippen molar-refractivity contribution >= 4 is 17.3 Å². The van der Waals surface area contributed by atoms with Crippen molar-refractivity contribution in [3.8, 4) is 142 Å². The molecule has 756 valence electrons. The van der Waals surface area contributed by atoms with E-state index in [0.717, 1.165) is 135 Å². The lowest BCUT2D eigenvalue weighted by Gasteiger charge is -2.17. The molecule has 3 aromatic heterocycles. The average Bonchev–Trinajstić information content (AvgIpc) is 1.61. The van der Waals surface area contributed by atoms with E-state index in [9.17, 15) is 14.4 Å². The molecule has 0 saturated carbocycles. The number of benzene rings is 12. The van der Waals surface area contributed by atoms with E-state index in [0.29, 0.717) is 203 Å². The standard InChI is InChI=1S/C41H47N3O6.C40H45N3O5.C39H43N3O5/c1-28-8-14-32(15-9-28)38-39(33-16-10-29(2)11-17-33)44(41(43-38)34-25-36(46-3)40(48-5)37(26-34)47-4)27-30-12-18-31(19-13-30)35(45)7-6-21-49-23-24-50-22-20-42;1-28-7-13-32(14-8-28)38-39(33-15-9-29(2)10-16-33)43(40(42-38)34-24-35(45-3)26-36(25-34)46-4)27-30-11-17-31(18-12-30)37(44)6-5-20-47-22-23-48-21-19-41;1-28-6-4-7-33(26-28)39-41-37(31-13-17-34(44-2)18-14-31)38(32-15-19-35(45-3)20-16-32)42(39)27-29-9-11-30(12-10-29)36(43)8-5-22-46-24-25-47-23-21-40/h8-19,25-26H,6-7,20-24,27,42H2,1-5H3;7-18,24-26H,5-6,19-23,27,41H2,1-4H3;4,6-7,9-20,26H,5,8,21-25,27,40H2,1-3H3. The lowest BCUT2D eigenvalue weighted by molar-refractivity contribution is 0.0489. The minimum Gasteiger partial charge on any atom is -0.497 e. The number of nitrogens with two attached hydrogens (primary N) is 3. The molecule has 0 fully saturated rings. The third-order valence-corrected chi connectivity index (χ3v) is 24.6. The molecule has 0 radical (unpaired) electrons. The lowest BCUT2D eigenvalue weighted by Crippen LogP contribution is -2.12. The second-order valence-corrected chi connectivity index (χ2v) is 35.2. The Balaban J connectivity index is 0.000000182. The maximum absolute atomic E-state index is 13.0. The van der Waals surface area contributed by atoms with Gasteiger partial charge >= 0.3 is 0 Å². The highest BCUT2D eigenvalue weighted by Crippen LogP contribution is 2.46. The summed E-state index contributed by atoms with van der Waals surface area (Å²) < 4.78 is 78.7. The van der Waals surface area contributed by atoms with E-state index in [4.69, 9.17) is 93.7 Å². The molecule has 0 spiro atoms. The smallest absolute Gasteiger partial charge is 0.203 e. The van der Waals surface area contributed by atoms with Gasteiger partial charge in [-0.15, -0.1) is 0 Å². The number of imidazole rings is 3. The summed E-state index contributed by atoms with van der Waals surface area (Å²) in [5, 5.41) is 0. The fourth-order valence-corrected chi connectivity index (χ4v) is 16.8. The van der Waals surface area contributed by atoms with Gasteiger partial charge in [-0.3, -0.25) is 14.4 Å². The first kappa shape index (κ1) is 108. The monoisotopic (exact) mass is 1960 g/mol. The first-order chi connectivity index (χ1) is 70.8. The number of aromatic nitrogens is 6. The van der Waals surface area contributed by atoms with Gasteiger partial charge in [0.05, 0.1) is 143 Å². The Hall–Kier alpha value is -14.5. The summed E-state index contributed by atoms with van der Waals surface area (Å²) in [7, 11) is 11.4. The van der Waals surface area contributed by atoms with Crippen molar-refractivity contribution in [3.63, 3.8) is 0 Å². The lowest BCUT2D eigenvalue weighted by atomic mass is 10.0. The van der Waals surface area contributed by atoms with Crippen LogP contribution in [-0.4, -0.2) is 195 Å². The molecule has 25 heteroatoms. The van der Waals surface area contributed by atoms with E-state index in [2.05, 4.69) is 182 Å². The van der Waals surface area contributed by atoms with Crippen LogP contribution in [0.15, 0.2) is 273 Å². The summed E-state index contributed by atoms with van der Waals surface area (Å²) in [5.74, 6) is 7.19. The van der Waals surface area contributed by atoms with Crippen LogP contribution in [0.3, 0.4) is 0 Å². The van der Waals surface area contributed by atoms with E-state index in [1.165, 1.54) is 22.3 Å². The van der Waals surface area contributed by atoms with Crippen LogP contribution in [0.4, 0.5) is 0 Å². The second kappa shape index (κ2) is 55.4. The van der Waals surface area contributed by atoms with Gasteiger partial charge in [-0.05, 0) is 149 Å². The molecule has 0 bridgehead atoms. The Morgan fingerprint density at radius 1 is 0.255 bits per heavy atom. The zero-order valence-corrected chi connectivity index (χ0v) is 85.4. The van der Waals surface area contributed by atoms with E-state index in [-0.39, 0.29) is 17.3 Å². The number of nitrogens with zero attached hydrogens (tertiary/aromatic N) is 6. The van der Waals surface area contributed by atoms with Crippen LogP contribution in [0.2, 0.25) is 0 Å². The normalized spacial score (nSPS) is 11.1. The predicted molar refractivity (Wildman–Crippen MR) is 575 cm³/mol. The number of hydrogen-bond acceptors (Lipinski definition) is 22. The quantitative estimate of drug-likeness (QED) is 0.0236. The summed E-state index contributed by atoms with van der Waals surface area (Å²) in [6.45, 7) is 19.6. The number of hydrogen-bond donors (Lipinski definition) is 3. The van der Waals surface area contributed by atoms with Crippen molar-refractivity contribution in [1.82, 2.24) is 28.7 Å².